The van der Waals surface area contributed by atoms with Crippen LogP contribution in [0.5, 0.6) is 11.5 Å². The van der Waals surface area contributed by atoms with Crippen molar-refractivity contribution >= 4 is 24.2 Å². The van der Waals surface area contributed by atoms with Crippen LogP contribution >= 0.6 is 0 Å². The summed E-state index contributed by atoms with van der Waals surface area (Å²) in [7, 11) is 1.27. The van der Waals surface area contributed by atoms with Crippen LogP contribution in [0.4, 0.5) is 9.59 Å². The lowest BCUT2D eigenvalue weighted by molar-refractivity contribution is -0.147. The maximum Gasteiger partial charge on any atom is 0.513 e. The molecular weight excluding hydrogens is 510 g/mol. The van der Waals surface area contributed by atoms with E-state index in [9.17, 15) is 19.2 Å². The van der Waals surface area contributed by atoms with Gasteiger partial charge in [0, 0.05) is 6.54 Å². The van der Waals surface area contributed by atoms with E-state index in [2.05, 4.69) is 5.32 Å². The molecule has 0 heterocycles. The van der Waals surface area contributed by atoms with Gasteiger partial charge in [-0.15, -0.1) is 0 Å². The fraction of sp³-hybridized carbons (Fsp3) is 0.643. The lowest BCUT2D eigenvalue weighted by atomic mass is 10.1. The first-order valence-electron chi connectivity index (χ1n) is 13.5. The molecule has 0 aliphatic heterocycles. The van der Waals surface area contributed by atoms with Crippen molar-refractivity contribution in [2.24, 2.45) is 5.92 Å². The molecule has 0 bridgehead atoms. The molecule has 0 aliphatic rings. The molecule has 39 heavy (non-hydrogen) atoms. The largest absolute Gasteiger partial charge is 0.513 e. The van der Waals surface area contributed by atoms with Crippen LogP contribution in [-0.4, -0.2) is 63.8 Å². The van der Waals surface area contributed by atoms with E-state index < -0.39 is 24.3 Å². The van der Waals surface area contributed by atoms with Crippen LogP contribution in [0, 0.1) is 5.92 Å². The van der Waals surface area contributed by atoms with Crippen LogP contribution in [-0.2, 0) is 35.0 Å². The SMILES string of the molecule is CCCCCOC(=O)Oc1ccc(C[C@H](NCCOC(=O)C(C)C)C(=O)OC)cc1OC(=O)OCCCCC. The molecule has 1 rings (SSSR count). The van der Waals surface area contributed by atoms with Crippen LogP contribution in [0.1, 0.15) is 71.8 Å². The van der Waals surface area contributed by atoms with Crippen molar-refractivity contribution in [1.82, 2.24) is 5.32 Å². The Balaban J connectivity index is 2.96. The Bertz CT molecular complexity index is 902. The number of rotatable bonds is 18. The van der Waals surface area contributed by atoms with Gasteiger partial charge in [0.05, 0.1) is 26.2 Å². The van der Waals surface area contributed by atoms with Gasteiger partial charge in [-0.2, -0.15) is 0 Å². The minimum absolute atomic E-state index is 0.0343. The third kappa shape index (κ3) is 14.4. The number of methoxy groups -OCH3 is 1. The van der Waals surface area contributed by atoms with Gasteiger partial charge in [0.25, 0.3) is 0 Å². The van der Waals surface area contributed by atoms with Gasteiger partial charge in [-0.05, 0) is 37.0 Å². The minimum Gasteiger partial charge on any atom is -0.468 e. The quantitative estimate of drug-likeness (QED) is 0.114. The second-order valence-electron chi connectivity index (χ2n) is 9.15. The fourth-order valence-electron chi connectivity index (χ4n) is 3.27. The van der Waals surface area contributed by atoms with Crippen molar-refractivity contribution in [2.75, 3.05) is 33.5 Å². The molecule has 11 heteroatoms. The highest BCUT2D eigenvalue weighted by atomic mass is 16.7. The topological polar surface area (TPSA) is 136 Å². The first-order chi connectivity index (χ1) is 18.7. The zero-order valence-corrected chi connectivity index (χ0v) is 23.7. The normalized spacial score (nSPS) is 11.4. The van der Waals surface area contributed by atoms with E-state index in [1.165, 1.54) is 19.2 Å². The molecular formula is C28H43NO10. The molecule has 220 valence electrons. The molecule has 0 saturated heterocycles. The number of esters is 2. The van der Waals surface area contributed by atoms with E-state index in [0.29, 0.717) is 18.4 Å². The monoisotopic (exact) mass is 553 g/mol. The Kier molecular flexibility index (Phi) is 17.0. The Morgan fingerprint density at radius 2 is 1.36 bits per heavy atom. The average Bonchev–Trinajstić information content (AvgIpc) is 2.91. The number of carbonyl (C=O) groups is 4. The fourth-order valence-corrected chi connectivity index (χ4v) is 3.27. The predicted octanol–water partition coefficient (Wildman–Crippen LogP) is 4.97. The van der Waals surface area contributed by atoms with Crippen LogP contribution in [0.2, 0.25) is 0 Å². The van der Waals surface area contributed by atoms with E-state index in [1.54, 1.807) is 19.9 Å². The Hall–Kier alpha value is -3.34. The highest BCUT2D eigenvalue weighted by molar-refractivity contribution is 5.76. The molecule has 0 saturated carbocycles. The summed E-state index contributed by atoms with van der Waals surface area (Å²) in [4.78, 5) is 48.5. The predicted molar refractivity (Wildman–Crippen MR) is 143 cm³/mol. The summed E-state index contributed by atoms with van der Waals surface area (Å²) in [5.41, 5.74) is 0.578. The molecule has 0 aliphatic carbocycles. The average molecular weight is 554 g/mol. The maximum atomic E-state index is 12.4. The Morgan fingerprint density at radius 3 is 1.90 bits per heavy atom. The van der Waals surface area contributed by atoms with Gasteiger partial charge < -0.3 is 33.7 Å². The van der Waals surface area contributed by atoms with Crippen LogP contribution in [0.3, 0.4) is 0 Å². The molecule has 1 N–H and O–H groups in total. The van der Waals surface area contributed by atoms with Crippen molar-refractivity contribution in [2.45, 2.75) is 78.7 Å². The number of hydrogen-bond acceptors (Lipinski definition) is 11. The second kappa shape index (κ2) is 19.7. The van der Waals surface area contributed by atoms with E-state index in [4.69, 9.17) is 28.4 Å². The minimum atomic E-state index is -0.945. The first kappa shape index (κ1) is 33.7. The third-order valence-electron chi connectivity index (χ3n) is 5.46. The molecule has 0 aromatic heterocycles. The van der Waals surface area contributed by atoms with Crippen LogP contribution in [0.25, 0.3) is 0 Å². The zero-order chi connectivity index (χ0) is 29.0. The number of hydrogen-bond donors (Lipinski definition) is 1. The molecule has 1 aromatic carbocycles. The van der Waals surface area contributed by atoms with E-state index in [-0.39, 0.29) is 56.2 Å². The molecule has 11 nitrogen and oxygen atoms in total. The number of nitrogens with one attached hydrogen (secondary N) is 1. The smallest absolute Gasteiger partial charge is 0.468 e. The van der Waals surface area contributed by atoms with Gasteiger partial charge in [-0.25, -0.2) is 9.59 Å². The third-order valence-corrected chi connectivity index (χ3v) is 5.46. The van der Waals surface area contributed by atoms with E-state index in [1.807, 2.05) is 13.8 Å². The van der Waals surface area contributed by atoms with Crippen LogP contribution in [0.15, 0.2) is 18.2 Å². The van der Waals surface area contributed by atoms with Gasteiger partial charge in [-0.1, -0.05) is 59.4 Å². The van der Waals surface area contributed by atoms with Crippen molar-refractivity contribution in [3.8, 4) is 11.5 Å². The molecule has 0 radical (unpaired) electrons. The summed E-state index contributed by atoms with van der Waals surface area (Å²) in [6.07, 6.45) is 3.43. The summed E-state index contributed by atoms with van der Waals surface area (Å²) >= 11 is 0. The standard InChI is InChI=1S/C28H43NO10/c1-6-8-10-15-36-27(32)38-23-13-12-21(19-24(23)39-28(33)37-16-11-9-7-2)18-22(26(31)34-5)29-14-17-35-25(30)20(3)4/h12-13,19-20,22,29H,6-11,14-18H2,1-5H3/t22-/m0/s1. The summed E-state index contributed by atoms with van der Waals surface area (Å²) in [5, 5.41) is 3.00. The lowest BCUT2D eigenvalue weighted by Crippen LogP contribution is -2.41. The Labute approximate surface area is 230 Å². The number of benzene rings is 1. The van der Waals surface area contributed by atoms with E-state index >= 15 is 0 Å². The van der Waals surface area contributed by atoms with Crippen molar-refractivity contribution in [1.29, 1.82) is 0 Å². The summed E-state index contributed by atoms with van der Waals surface area (Å²) < 4.78 is 30.8. The molecule has 1 atom stereocenters. The molecule has 0 unspecified atom stereocenters. The molecule has 0 fully saturated rings. The molecule has 0 amide bonds. The van der Waals surface area contributed by atoms with Crippen molar-refractivity contribution < 1.29 is 47.6 Å². The molecule has 0 spiro atoms. The van der Waals surface area contributed by atoms with Crippen LogP contribution < -0.4 is 14.8 Å². The number of unbranched alkanes of at least 4 members (excludes halogenated alkanes) is 4. The second-order valence-corrected chi connectivity index (χ2v) is 9.15. The van der Waals surface area contributed by atoms with Gasteiger partial charge in [0.15, 0.2) is 11.5 Å². The summed E-state index contributed by atoms with van der Waals surface area (Å²) in [5.74, 6) is -1.22. The van der Waals surface area contributed by atoms with Crippen molar-refractivity contribution in [3.05, 3.63) is 23.8 Å². The van der Waals surface area contributed by atoms with E-state index in [0.717, 1.165) is 25.7 Å². The highest BCUT2D eigenvalue weighted by Crippen LogP contribution is 2.30. The van der Waals surface area contributed by atoms with Gasteiger partial charge >= 0.3 is 24.2 Å². The van der Waals surface area contributed by atoms with Crippen molar-refractivity contribution in [3.63, 3.8) is 0 Å². The first-order valence-corrected chi connectivity index (χ1v) is 13.5. The Morgan fingerprint density at radius 1 is 0.769 bits per heavy atom. The summed E-state index contributed by atoms with van der Waals surface area (Å²) in [6, 6.07) is 3.76. The van der Waals surface area contributed by atoms with Gasteiger partial charge in [-0.3, -0.25) is 9.59 Å². The number of carbonyl (C=O) groups excluding carboxylic acids is 4. The van der Waals surface area contributed by atoms with Gasteiger partial charge in [0.2, 0.25) is 0 Å². The zero-order valence-electron chi connectivity index (χ0n) is 23.7. The summed E-state index contributed by atoms with van der Waals surface area (Å²) in [6.45, 7) is 8.22. The highest BCUT2D eigenvalue weighted by Gasteiger charge is 2.22. The molecule has 1 aromatic rings. The maximum absolute atomic E-state index is 12.4. The van der Waals surface area contributed by atoms with Gasteiger partial charge in [0.1, 0.15) is 12.6 Å². The lowest BCUT2D eigenvalue weighted by Gasteiger charge is -2.18. The number of ether oxygens (including phenoxy) is 6.